The van der Waals surface area contributed by atoms with Crippen molar-refractivity contribution in [1.29, 1.82) is 0 Å². The lowest BCUT2D eigenvalue weighted by molar-refractivity contribution is -0.121. The number of aromatic nitrogens is 2. The van der Waals surface area contributed by atoms with Gasteiger partial charge in [0.05, 0.1) is 12.1 Å². The molecule has 0 saturated heterocycles. The van der Waals surface area contributed by atoms with Gasteiger partial charge in [0.1, 0.15) is 5.82 Å². The zero-order valence-corrected chi connectivity index (χ0v) is 13.5. The maximum atomic E-state index is 12.3. The first-order valence-electron chi connectivity index (χ1n) is 7.89. The monoisotopic (exact) mass is 297 g/mol. The first-order chi connectivity index (χ1) is 10.5. The second-order valence-corrected chi connectivity index (χ2v) is 6.36. The molecule has 4 nitrogen and oxygen atoms in total. The normalized spacial score (nSPS) is 17.1. The number of aryl methyl sites for hydroxylation is 4. The van der Waals surface area contributed by atoms with Gasteiger partial charge in [-0.3, -0.25) is 4.79 Å². The first kappa shape index (κ1) is 14.8. The van der Waals surface area contributed by atoms with Crippen molar-refractivity contribution >= 4 is 5.91 Å². The molecule has 1 aromatic carbocycles. The lowest BCUT2D eigenvalue weighted by Crippen LogP contribution is -2.41. The number of imidazole rings is 1. The highest BCUT2D eigenvalue weighted by atomic mass is 16.1. The first-order valence-corrected chi connectivity index (χ1v) is 7.89. The number of amides is 1. The van der Waals surface area contributed by atoms with Crippen LogP contribution in [-0.4, -0.2) is 21.5 Å². The van der Waals surface area contributed by atoms with Crippen LogP contribution in [0.2, 0.25) is 0 Å². The van der Waals surface area contributed by atoms with Gasteiger partial charge in [-0.25, -0.2) is 4.98 Å². The van der Waals surface area contributed by atoms with E-state index in [-0.39, 0.29) is 11.9 Å². The number of carbonyl (C=O) groups is 1. The predicted octanol–water partition coefficient (Wildman–Crippen LogP) is 2.48. The van der Waals surface area contributed by atoms with Crippen LogP contribution in [0.15, 0.2) is 24.4 Å². The summed E-state index contributed by atoms with van der Waals surface area (Å²) < 4.78 is 2.17. The topological polar surface area (TPSA) is 46.9 Å². The van der Waals surface area contributed by atoms with E-state index in [1.54, 1.807) is 0 Å². The lowest BCUT2D eigenvalue weighted by atomic mass is 10.0. The largest absolute Gasteiger partial charge is 0.351 e. The van der Waals surface area contributed by atoms with E-state index < -0.39 is 0 Å². The molecule has 1 aliphatic rings. The van der Waals surface area contributed by atoms with E-state index in [1.807, 2.05) is 6.92 Å². The Bertz CT molecular complexity index is 702. The molecule has 2 aromatic rings. The van der Waals surface area contributed by atoms with E-state index >= 15 is 0 Å². The van der Waals surface area contributed by atoms with Crippen LogP contribution in [0.25, 0.3) is 0 Å². The Hall–Kier alpha value is -2.10. The van der Waals surface area contributed by atoms with Crippen molar-refractivity contribution in [1.82, 2.24) is 14.9 Å². The highest BCUT2D eigenvalue weighted by molar-refractivity contribution is 5.79. The summed E-state index contributed by atoms with van der Waals surface area (Å²) in [5, 5.41) is 3.18. The van der Waals surface area contributed by atoms with Crippen LogP contribution < -0.4 is 5.32 Å². The standard InChI is InChI=1S/C18H23N3O/c1-12-4-5-13(2)15(8-12)9-18(22)20-16-6-7-17-19-14(3)10-21(17)11-16/h4-5,8,10,16H,6-7,9,11H2,1-3H3,(H,20,22)/t16-/m0/s1. The average molecular weight is 297 g/mol. The molecule has 0 saturated carbocycles. The zero-order valence-electron chi connectivity index (χ0n) is 13.5. The van der Waals surface area contributed by atoms with Gasteiger partial charge >= 0.3 is 0 Å². The summed E-state index contributed by atoms with van der Waals surface area (Å²) in [7, 11) is 0. The number of benzene rings is 1. The number of nitrogens with one attached hydrogen (secondary N) is 1. The third-order valence-electron chi connectivity index (χ3n) is 4.33. The Balaban J connectivity index is 1.62. The fraction of sp³-hybridized carbons (Fsp3) is 0.444. The van der Waals surface area contributed by atoms with Crippen molar-refractivity contribution in [2.75, 3.05) is 0 Å². The number of hydrogen-bond acceptors (Lipinski definition) is 2. The Morgan fingerprint density at radius 3 is 3.00 bits per heavy atom. The van der Waals surface area contributed by atoms with Crippen LogP contribution in [0.1, 0.15) is 34.6 Å². The molecule has 0 fully saturated rings. The van der Waals surface area contributed by atoms with Crippen LogP contribution in [0.4, 0.5) is 0 Å². The van der Waals surface area contributed by atoms with Crippen molar-refractivity contribution in [2.45, 2.75) is 52.6 Å². The average Bonchev–Trinajstić information content (AvgIpc) is 2.82. The molecule has 0 bridgehead atoms. The van der Waals surface area contributed by atoms with Crippen molar-refractivity contribution in [3.63, 3.8) is 0 Å². The fourth-order valence-electron chi connectivity index (χ4n) is 3.15. The van der Waals surface area contributed by atoms with Crippen LogP contribution in [0, 0.1) is 20.8 Å². The Morgan fingerprint density at radius 2 is 2.18 bits per heavy atom. The quantitative estimate of drug-likeness (QED) is 0.946. The Labute approximate surface area is 131 Å². The van der Waals surface area contributed by atoms with Crippen molar-refractivity contribution in [2.24, 2.45) is 0 Å². The molecular formula is C18H23N3O. The minimum absolute atomic E-state index is 0.110. The van der Waals surface area contributed by atoms with Gasteiger partial charge in [0.2, 0.25) is 5.91 Å². The maximum absolute atomic E-state index is 12.3. The van der Waals surface area contributed by atoms with Gasteiger partial charge in [0.25, 0.3) is 0 Å². The van der Waals surface area contributed by atoms with E-state index in [4.69, 9.17) is 0 Å². The highest BCUT2D eigenvalue weighted by Crippen LogP contribution is 2.16. The summed E-state index contributed by atoms with van der Waals surface area (Å²) >= 11 is 0. The van der Waals surface area contributed by atoms with Crippen molar-refractivity contribution < 1.29 is 4.79 Å². The third kappa shape index (κ3) is 3.21. The minimum Gasteiger partial charge on any atom is -0.351 e. The molecular weight excluding hydrogens is 274 g/mol. The molecule has 1 atom stereocenters. The predicted molar refractivity (Wildman–Crippen MR) is 86.8 cm³/mol. The molecule has 1 N–H and O–H groups in total. The third-order valence-corrected chi connectivity index (χ3v) is 4.33. The maximum Gasteiger partial charge on any atom is 0.224 e. The van der Waals surface area contributed by atoms with Gasteiger partial charge in [0, 0.05) is 25.2 Å². The van der Waals surface area contributed by atoms with Crippen LogP contribution >= 0.6 is 0 Å². The molecule has 1 amide bonds. The molecule has 1 aliphatic heterocycles. The van der Waals surface area contributed by atoms with Gasteiger partial charge in [-0.2, -0.15) is 0 Å². The molecule has 0 aliphatic carbocycles. The number of carbonyl (C=O) groups excluding carboxylic acids is 1. The second kappa shape index (κ2) is 5.95. The molecule has 4 heteroatoms. The molecule has 1 aromatic heterocycles. The molecule has 2 heterocycles. The van der Waals surface area contributed by atoms with E-state index in [9.17, 15) is 4.79 Å². The van der Waals surface area contributed by atoms with E-state index in [0.717, 1.165) is 36.5 Å². The van der Waals surface area contributed by atoms with Gasteiger partial charge in [-0.05, 0) is 38.3 Å². The SMILES string of the molecule is Cc1ccc(C)c(CC(=O)N[C@H]2CCc3nc(C)cn3C2)c1. The molecule has 0 unspecified atom stereocenters. The van der Waals surface area contributed by atoms with Crippen LogP contribution in [0.3, 0.4) is 0 Å². The van der Waals surface area contributed by atoms with Gasteiger partial charge in [-0.1, -0.05) is 23.8 Å². The molecule has 116 valence electrons. The van der Waals surface area contributed by atoms with Gasteiger partial charge < -0.3 is 9.88 Å². The van der Waals surface area contributed by atoms with Crippen LogP contribution in [-0.2, 0) is 24.2 Å². The Kier molecular flexibility index (Phi) is 4.01. The number of rotatable bonds is 3. The summed E-state index contributed by atoms with van der Waals surface area (Å²) in [5.74, 6) is 1.25. The molecule has 0 spiro atoms. The van der Waals surface area contributed by atoms with E-state index in [0.29, 0.717) is 6.42 Å². The van der Waals surface area contributed by atoms with Gasteiger partial charge in [0.15, 0.2) is 0 Å². The number of fused-ring (bicyclic) bond motifs is 1. The summed E-state index contributed by atoms with van der Waals surface area (Å²) in [4.78, 5) is 16.8. The molecule has 22 heavy (non-hydrogen) atoms. The molecule has 0 radical (unpaired) electrons. The second-order valence-electron chi connectivity index (χ2n) is 6.36. The fourth-order valence-corrected chi connectivity index (χ4v) is 3.15. The van der Waals surface area contributed by atoms with E-state index in [1.165, 1.54) is 11.1 Å². The summed E-state index contributed by atoms with van der Waals surface area (Å²) in [6.07, 6.45) is 4.43. The zero-order chi connectivity index (χ0) is 15.7. The van der Waals surface area contributed by atoms with Crippen molar-refractivity contribution in [3.8, 4) is 0 Å². The number of nitrogens with zero attached hydrogens (tertiary/aromatic N) is 2. The van der Waals surface area contributed by atoms with Gasteiger partial charge in [-0.15, -0.1) is 0 Å². The van der Waals surface area contributed by atoms with Crippen molar-refractivity contribution in [3.05, 3.63) is 52.6 Å². The highest BCUT2D eigenvalue weighted by Gasteiger charge is 2.21. The molecule has 3 rings (SSSR count). The summed E-state index contributed by atoms with van der Waals surface area (Å²) in [6, 6.07) is 6.48. The summed E-state index contributed by atoms with van der Waals surface area (Å²) in [5.41, 5.74) is 4.55. The van der Waals surface area contributed by atoms with E-state index in [2.05, 4.69) is 53.1 Å². The summed E-state index contributed by atoms with van der Waals surface area (Å²) in [6.45, 7) is 6.96. The smallest absolute Gasteiger partial charge is 0.224 e. The van der Waals surface area contributed by atoms with Crippen LogP contribution in [0.5, 0.6) is 0 Å². The minimum atomic E-state index is 0.110. The lowest BCUT2D eigenvalue weighted by Gasteiger charge is -2.24. The number of hydrogen-bond donors (Lipinski definition) is 1. The Morgan fingerprint density at radius 1 is 1.36 bits per heavy atom.